The molecule has 0 saturated heterocycles. The summed E-state index contributed by atoms with van der Waals surface area (Å²) in [5.41, 5.74) is 1.18. The normalized spacial score (nSPS) is 10.4. The number of thiazole rings is 1. The van der Waals surface area contributed by atoms with Gasteiger partial charge in [-0.15, -0.1) is 11.3 Å². The van der Waals surface area contributed by atoms with Gasteiger partial charge in [0.05, 0.1) is 12.8 Å². The Morgan fingerprint density at radius 3 is 2.89 bits per heavy atom. The van der Waals surface area contributed by atoms with Gasteiger partial charge >= 0.3 is 5.97 Å². The summed E-state index contributed by atoms with van der Waals surface area (Å²) in [6.07, 6.45) is 2.85. The summed E-state index contributed by atoms with van der Waals surface area (Å²) in [6, 6.07) is 1.64. The Balaban J connectivity index is 2.44. The van der Waals surface area contributed by atoms with Crippen LogP contribution in [0.1, 0.15) is 28.7 Å². The molecule has 0 aliphatic carbocycles. The second-order valence-electron chi connectivity index (χ2n) is 3.80. The Kier molecular flexibility index (Phi) is 4.06. The van der Waals surface area contributed by atoms with Crippen molar-refractivity contribution in [1.82, 2.24) is 15.0 Å². The van der Waals surface area contributed by atoms with Crippen molar-refractivity contribution in [2.24, 2.45) is 0 Å². The second-order valence-corrected chi connectivity index (χ2v) is 4.79. The Bertz CT molecular complexity index is 598. The molecule has 0 spiro atoms. The summed E-state index contributed by atoms with van der Waals surface area (Å²) < 4.78 is 5.02. The van der Waals surface area contributed by atoms with Gasteiger partial charge in [-0.2, -0.15) is 0 Å². The molecule has 2 rings (SSSR count). The van der Waals surface area contributed by atoms with Gasteiger partial charge in [0.1, 0.15) is 21.9 Å². The van der Waals surface area contributed by atoms with Crippen LogP contribution in [0.3, 0.4) is 0 Å². The maximum Gasteiger partial charge on any atom is 0.347 e. The number of rotatable bonds is 5. The summed E-state index contributed by atoms with van der Waals surface area (Å²) in [7, 11) is 1.51. The molecule has 0 amide bonds. The molecule has 0 bridgehead atoms. The molecule has 0 unspecified atom stereocenters. The topological polar surface area (TPSA) is 85.2 Å². The van der Waals surface area contributed by atoms with Crippen molar-refractivity contribution in [3.8, 4) is 16.6 Å². The maximum atomic E-state index is 11.2. The number of carboxylic acid groups (broad SMARTS) is 1. The number of carbonyl (C=O) groups is 1. The first-order valence-electron chi connectivity index (χ1n) is 5.75. The third-order valence-corrected chi connectivity index (χ3v) is 3.56. The molecule has 2 aromatic rings. The summed E-state index contributed by atoms with van der Waals surface area (Å²) in [5, 5.41) is 9.74. The fourth-order valence-electron chi connectivity index (χ4n) is 1.60. The van der Waals surface area contributed by atoms with Crippen LogP contribution in [-0.2, 0) is 6.42 Å². The van der Waals surface area contributed by atoms with E-state index in [4.69, 9.17) is 9.84 Å². The van der Waals surface area contributed by atoms with Gasteiger partial charge in [-0.05, 0) is 6.42 Å². The summed E-state index contributed by atoms with van der Waals surface area (Å²) in [4.78, 5) is 23.8. The highest BCUT2D eigenvalue weighted by molar-refractivity contribution is 7.17. The minimum Gasteiger partial charge on any atom is -0.481 e. The molecule has 0 aliphatic heterocycles. The van der Waals surface area contributed by atoms with Gasteiger partial charge in [0.2, 0.25) is 5.88 Å². The standard InChI is InChI=1S/C12H13N3O3S/c1-3-4-7-10(12(16)17)19-11(15-7)8-5-9(18-2)14-6-13-8/h5-6H,3-4H2,1-2H3,(H,16,17). The van der Waals surface area contributed by atoms with Crippen LogP contribution in [0, 0.1) is 0 Å². The van der Waals surface area contributed by atoms with Crippen LogP contribution in [0.4, 0.5) is 0 Å². The molecule has 0 atom stereocenters. The molecular weight excluding hydrogens is 266 g/mol. The Morgan fingerprint density at radius 1 is 1.47 bits per heavy atom. The van der Waals surface area contributed by atoms with Crippen LogP contribution in [0.15, 0.2) is 12.4 Å². The van der Waals surface area contributed by atoms with Crippen molar-refractivity contribution in [3.63, 3.8) is 0 Å². The Labute approximate surface area is 114 Å². The first-order chi connectivity index (χ1) is 9.15. The van der Waals surface area contributed by atoms with E-state index in [0.29, 0.717) is 28.7 Å². The first kappa shape index (κ1) is 13.4. The van der Waals surface area contributed by atoms with E-state index in [1.807, 2.05) is 6.92 Å². The minimum absolute atomic E-state index is 0.273. The predicted octanol–water partition coefficient (Wildman–Crippen LogP) is 2.26. The molecule has 7 heteroatoms. The lowest BCUT2D eigenvalue weighted by Crippen LogP contribution is -1.98. The smallest absolute Gasteiger partial charge is 0.347 e. The zero-order chi connectivity index (χ0) is 13.8. The quantitative estimate of drug-likeness (QED) is 0.903. The van der Waals surface area contributed by atoms with Crippen LogP contribution in [-0.4, -0.2) is 33.1 Å². The number of aromatic carboxylic acids is 1. The number of ether oxygens (including phenoxy) is 1. The zero-order valence-corrected chi connectivity index (χ0v) is 11.4. The molecule has 0 saturated carbocycles. The fourth-order valence-corrected chi connectivity index (χ4v) is 2.52. The third kappa shape index (κ3) is 2.87. The summed E-state index contributed by atoms with van der Waals surface area (Å²) in [5.74, 6) is -0.526. The predicted molar refractivity (Wildman–Crippen MR) is 70.6 cm³/mol. The number of aromatic nitrogens is 3. The van der Waals surface area contributed by atoms with Crippen molar-refractivity contribution >= 4 is 17.3 Å². The zero-order valence-electron chi connectivity index (χ0n) is 10.6. The number of carboxylic acids is 1. The molecule has 1 N–H and O–H groups in total. The van der Waals surface area contributed by atoms with E-state index in [0.717, 1.165) is 17.8 Å². The fraction of sp³-hybridized carbons (Fsp3) is 0.333. The molecule has 0 aromatic carbocycles. The number of nitrogens with zero attached hydrogens (tertiary/aromatic N) is 3. The average Bonchev–Trinajstić information content (AvgIpc) is 2.83. The number of methoxy groups -OCH3 is 1. The SMILES string of the molecule is CCCc1nc(-c2cc(OC)ncn2)sc1C(=O)O. The molecule has 19 heavy (non-hydrogen) atoms. The molecule has 0 aliphatic rings. The molecule has 2 heterocycles. The number of hydrogen-bond acceptors (Lipinski definition) is 6. The summed E-state index contributed by atoms with van der Waals surface area (Å²) >= 11 is 1.12. The largest absolute Gasteiger partial charge is 0.481 e. The molecule has 0 fully saturated rings. The highest BCUT2D eigenvalue weighted by Crippen LogP contribution is 2.28. The first-order valence-corrected chi connectivity index (χ1v) is 6.56. The van der Waals surface area contributed by atoms with Crippen molar-refractivity contribution < 1.29 is 14.6 Å². The molecule has 6 nitrogen and oxygen atoms in total. The minimum atomic E-state index is -0.951. The highest BCUT2D eigenvalue weighted by Gasteiger charge is 2.18. The molecular formula is C12H13N3O3S. The molecule has 0 radical (unpaired) electrons. The van der Waals surface area contributed by atoms with Gasteiger partial charge < -0.3 is 9.84 Å². The number of aryl methyl sites for hydroxylation is 1. The third-order valence-electron chi connectivity index (χ3n) is 2.45. The van der Waals surface area contributed by atoms with Crippen molar-refractivity contribution in [1.29, 1.82) is 0 Å². The number of hydrogen-bond donors (Lipinski definition) is 1. The molecule has 2 aromatic heterocycles. The van der Waals surface area contributed by atoms with Crippen molar-refractivity contribution in [2.75, 3.05) is 7.11 Å². The van der Waals surface area contributed by atoms with Crippen LogP contribution in [0.2, 0.25) is 0 Å². The highest BCUT2D eigenvalue weighted by atomic mass is 32.1. The molecule has 100 valence electrons. The van der Waals surface area contributed by atoms with Gasteiger partial charge in [-0.25, -0.2) is 19.7 Å². The Hall–Kier alpha value is -2.02. The maximum absolute atomic E-state index is 11.2. The van der Waals surface area contributed by atoms with E-state index in [-0.39, 0.29) is 4.88 Å². The van der Waals surface area contributed by atoms with Crippen molar-refractivity contribution in [2.45, 2.75) is 19.8 Å². The van der Waals surface area contributed by atoms with E-state index >= 15 is 0 Å². The lowest BCUT2D eigenvalue weighted by molar-refractivity contribution is 0.0700. The van der Waals surface area contributed by atoms with E-state index in [9.17, 15) is 4.79 Å². The Morgan fingerprint density at radius 2 is 2.26 bits per heavy atom. The summed E-state index contributed by atoms with van der Waals surface area (Å²) in [6.45, 7) is 1.98. The van der Waals surface area contributed by atoms with Crippen LogP contribution >= 0.6 is 11.3 Å². The van der Waals surface area contributed by atoms with Gasteiger partial charge in [-0.1, -0.05) is 13.3 Å². The van der Waals surface area contributed by atoms with E-state index in [1.165, 1.54) is 13.4 Å². The van der Waals surface area contributed by atoms with E-state index < -0.39 is 5.97 Å². The van der Waals surface area contributed by atoms with Gasteiger partial charge in [0, 0.05) is 6.07 Å². The lowest BCUT2D eigenvalue weighted by Gasteiger charge is -1.98. The second kappa shape index (κ2) is 5.75. The van der Waals surface area contributed by atoms with Gasteiger partial charge in [0.15, 0.2) is 0 Å². The monoisotopic (exact) mass is 279 g/mol. The van der Waals surface area contributed by atoms with Crippen molar-refractivity contribution in [3.05, 3.63) is 23.0 Å². The van der Waals surface area contributed by atoms with E-state index in [1.54, 1.807) is 6.07 Å². The lowest BCUT2D eigenvalue weighted by atomic mass is 10.2. The van der Waals surface area contributed by atoms with Crippen LogP contribution in [0.5, 0.6) is 5.88 Å². The van der Waals surface area contributed by atoms with Crippen LogP contribution < -0.4 is 4.74 Å². The van der Waals surface area contributed by atoms with Gasteiger partial charge in [0.25, 0.3) is 0 Å². The average molecular weight is 279 g/mol. The van der Waals surface area contributed by atoms with Crippen LogP contribution in [0.25, 0.3) is 10.7 Å². The van der Waals surface area contributed by atoms with Gasteiger partial charge in [-0.3, -0.25) is 0 Å². The van der Waals surface area contributed by atoms with E-state index in [2.05, 4.69) is 15.0 Å².